The average molecular weight is 771 g/mol. The zero-order chi connectivity index (χ0) is 39.6. The SMILES string of the molecule is C.C.CCC(C)c1ccccc1.Cc1ccccc1-c1cc(-c2ccc(C(C)C(c3ccc(-c4ccccc4)cc3)c3ccc(-c4ccccc4)cc3)cc2)ccc1C. The van der Waals surface area contributed by atoms with Gasteiger partial charge in [-0.1, -0.05) is 236 Å². The minimum absolute atomic E-state index is 0. The predicted octanol–water partition coefficient (Wildman–Crippen LogP) is 17.4. The number of rotatable bonds is 10. The standard InChI is InChI=1S/C47H40.C10H14.2CH4/c1-33-12-10-11-17-45(33)46-32-44(19-18-34(46)2)41-22-20-36(21-23-41)35(3)47(42-28-24-39(25-29-42)37-13-6-4-7-14-37)43-30-26-40(27-31-43)38-15-8-5-9-16-38;1-3-9(2)10-7-5-4-6-8-10;;/h4-32,35,47H,1-3H3;4-9H,3H2,1-2H3;2*1H4. The molecule has 8 rings (SSSR count). The molecule has 0 aliphatic carbocycles. The summed E-state index contributed by atoms with van der Waals surface area (Å²) in [7, 11) is 0. The summed E-state index contributed by atoms with van der Waals surface area (Å²) in [6, 6.07) is 75.1. The van der Waals surface area contributed by atoms with Crippen molar-refractivity contribution < 1.29 is 0 Å². The van der Waals surface area contributed by atoms with Gasteiger partial charge in [0, 0.05) is 5.92 Å². The topological polar surface area (TPSA) is 0 Å². The molecule has 59 heavy (non-hydrogen) atoms. The van der Waals surface area contributed by atoms with E-state index in [-0.39, 0.29) is 26.7 Å². The molecule has 0 N–H and O–H groups in total. The molecule has 0 heteroatoms. The van der Waals surface area contributed by atoms with E-state index in [0.29, 0.717) is 5.92 Å². The van der Waals surface area contributed by atoms with E-state index in [1.54, 1.807) is 0 Å². The van der Waals surface area contributed by atoms with Gasteiger partial charge in [0.15, 0.2) is 0 Å². The van der Waals surface area contributed by atoms with Gasteiger partial charge >= 0.3 is 0 Å². The number of hydrogen-bond donors (Lipinski definition) is 0. The zero-order valence-electron chi connectivity index (χ0n) is 34.1. The lowest BCUT2D eigenvalue weighted by Gasteiger charge is -2.26. The van der Waals surface area contributed by atoms with Crippen LogP contribution in [0.5, 0.6) is 0 Å². The summed E-state index contributed by atoms with van der Waals surface area (Å²) in [5.74, 6) is 1.19. The Labute approximate surface area is 356 Å². The fourth-order valence-corrected chi connectivity index (χ4v) is 7.95. The van der Waals surface area contributed by atoms with Crippen molar-refractivity contribution in [3.05, 3.63) is 240 Å². The third kappa shape index (κ3) is 10.6. The number of benzene rings is 8. The highest BCUT2D eigenvalue weighted by molar-refractivity contribution is 5.77. The lowest BCUT2D eigenvalue weighted by atomic mass is 9.77. The van der Waals surface area contributed by atoms with Crippen LogP contribution in [-0.4, -0.2) is 0 Å². The lowest BCUT2D eigenvalue weighted by molar-refractivity contribution is 0.658. The van der Waals surface area contributed by atoms with Gasteiger partial charge in [-0.2, -0.15) is 0 Å². The van der Waals surface area contributed by atoms with Gasteiger partial charge in [0.1, 0.15) is 0 Å². The first-order valence-corrected chi connectivity index (χ1v) is 20.5. The Morgan fingerprint density at radius 2 is 0.712 bits per heavy atom. The lowest BCUT2D eigenvalue weighted by Crippen LogP contribution is -2.10. The first kappa shape index (κ1) is 43.9. The van der Waals surface area contributed by atoms with E-state index in [1.807, 2.05) is 0 Å². The van der Waals surface area contributed by atoms with Crippen LogP contribution in [0.15, 0.2) is 206 Å². The molecule has 2 atom stereocenters. The van der Waals surface area contributed by atoms with Crippen molar-refractivity contribution in [1.29, 1.82) is 0 Å². The Hall–Kier alpha value is -6.24. The fraction of sp³-hybridized carbons (Fsp3) is 0.186. The van der Waals surface area contributed by atoms with Crippen LogP contribution >= 0.6 is 0 Å². The van der Waals surface area contributed by atoms with Crippen LogP contribution in [0.2, 0.25) is 0 Å². The molecule has 0 aromatic heterocycles. The molecule has 0 nitrogen and oxygen atoms in total. The van der Waals surface area contributed by atoms with E-state index in [1.165, 1.54) is 84.3 Å². The zero-order valence-corrected chi connectivity index (χ0v) is 34.1. The van der Waals surface area contributed by atoms with Gasteiger partial charge in [-0.25, -0.2) is 0 Å². The van der Waals surface area contributed by atoms with E-state index < -0.39 is 0 Å². The summed E-state index contributed by atoms with van der Waals surface area (Å²) in [5.41, 5.74) is 18.1. The van der Waals surface area contributed by atoms with Crippen molar-refractivity contribution in [1.82, 2.24) is 0 Å². The van der Waals surface area contributed by atoms with Crippen molar-refractivity contribution in [2.45, 2.75) is 73.6 Å². The normalized spacial score (nSPS) is 11.6. The second kappa shape index (κ2) is 21.0. The molecule has 0 aliphatic rings. The van der Waals surface area contributed by atoms with Crippen LogP contribution in [0, 0.1) is 13.8 Å². The highest BCUT2D eigenvalue weighted by Crippen LogP contribution is 2.40. The first-order valence-electron chi connectivity index (χ1n) is 20.5. The van der Waals surface area contributed by atoms with Crippen molar-refractivity contribution in [3.63, 3.8) is 0 Å². The Balaban J connectivity index is 0.000000485. The molecule has 8 aromatic carbocycles. The van der Waals surface area contributed by atoms with E-state index in [4.69, 9.17) is 0 Å². The van der Waals surface area contributed by atoms with Gasteiger partial charge in [-0.15, -0.1) is 0 Å². The Morgan fingerprint density at radius 3 is 1.19 bits per heavy atom. The highest BCUT2D eigenvalue weighted by atomic mass is 14.3. The van der Waals surface area contributed by atoms with E-state index in [9.17, 15) is 0 Å². The molecular weight excluding hydrogens is 709 g/mol. The molecule has 0 fully saturated rings. The summed E-state index contributed by atoms with van der Waals surface area (Å²) in [4.78, 5) is 0. The maximum atomic E-state index is 2.37. The van der Waals surface area contributed by atoms with Crippen LogP contribution in [0.4, 0.5) is 0 Å². The summed E-state index contributed by atoms with van der Waals surface area (Å²) in [5, 5.41) is 0. The molecule has 0 heterocycles. The first-order chi connectivity index (χ1) is 27.9. The number of hydrogen-bond acceptors (Lipinski definition) is 0. The Bertz CT molecular complexity index is 2360. The van der Waals surface area contributed by atoms with Gasteiger partial charge < -0.3 is 0 Å². The summed E-state index contributed by atoms with van der Waals surface area (Å²) in [6.45, 7) is 11.2. The molecule has 0 saturated carbocycles. The van der Waals surface area contributed by atoms with Crippen LogP contribution < -0.4 is 0 Å². The van der Waals surface area contributed by atoms with E-state index >= 15 is 0 Å². The monoisotopic (exact) mass is 770 g/mol. The molecule has 2 unspecified atom stereocenters. The van der Waals surface area contributed by atoms with Crippen LogP contribution in [-0.2, 0) is 0 Å². The van der Waals surface area contributed by atoms with Gasteiger partial charge in [0.25, 0.3) is 0 Å². The van der Waals surface area contributed by atoms with Crippen molar-refractivity contribution in [2.24, 2.45) is 0 Å². The second-order valence-electron chi connectivity index (χ2n) is 15.4. The molecule has 298 valence electrons. The predicted molar refractivity (Wildman–Crippen MR) is 259 cm³/mol. The maximum absolute atomic E-state index is 2.37. The summed E-state index contributed by atoms with van der Waals surface area (Å²) < 4.78 is 0. The molecule has 0 spiro atoms. The summed E-state index contributed by atoms with van der Waals surface area (Å²) in [6.07, 6.45) is 1.23. The van der Waals surface area contributed by atoms with Gasteiger partial charge in [-0.05, 0) is 116 Å². The average Bonchev–Trinajstić information content (AvgIpc) is 3.28. The third-order valence-corrected chi connectivity index (χ3v) is 11.7. The van der Waals surface area contributed by atoms with Crippen LogP contribution in [0.1, 0.15) is 93.2 Å². The summed E-state index contributed by atoms with van der Waals surface area (Å²) >= 11 is 0. The Morgan fingerprint density at radius 1 is 0.339 bits per heavy atom. The maximum Gasteiger partial charge on any atom is 0.0155 e. The van der Waals surface area contributed by atoms with Gasteiger partial charge in [0.05, 0.1) is 0 Å². The second-order valence-corrected chi connectivity index (χ2v) is 15.4. The van der Waals surface area contributed by atoms with Crippen LogP contribution in [0.25, 0.3) is 44.5 Å². The minimum Gasteiger partial charge on any atom is -0.0776 e. The fourth-order valence-electron chi connectivity index (χ4n) is 7.95. The molecule has 0 bridgehead atoms. The molecule has 0 saturated heterocycles. The van der Waals surface area contributed by atoms with E-state index in [2.05, 4.69) is 241 Å². The largest absolute Gasteiger partial charge is 0.0776 e. The van der Waals surface area contributed by atoms with Crippen molar-refractivity contribution in [3.8, 4) is 44.5 Å². The molecular formula is C59H62. The molecule has 0 amide bonds. The van der Waals surface area contributed by atoms with Crippen molar-refractivity contribution in [2.75, 3.05) is 0 Å². The third-order valence-electron chi connectivity index (χ3n) is 11.7. The Kier molecular flexibility index (Phi) is 15.6. The number of aryl methyl sites for hydroxylation is 2. The highest BCUT2D eigenvalue weighted by Gasteiger charge is 2.23. The van der Waals surface area contributed by atoms with E-state index in [0.717, 1.165) is 0 Å². The van der Waals surface area contributed by atoms with Gasteiger partial charge in [-0.3, -0.25) is 0 Å². The van der Waals surface area contributed by atoms with Crippen molar-refractivity contribution >= 4 is 0 Å². The molecule has 8 aromatic rings. The van der Waals surface area contributed by atoms with Crippen LogP contribution in [0.3, 0.4) is 0 Å². The smallest absolute Gasteiger partial charge is 0.0155 e. The molecule has 0 radical (unpaired) electrons. The molecule has 0 aliphatic heterocycles. The quantitative estimate of drug-likeness (QED) is 0.130. The minimum atomic E-state index is 0. The van der Waals surface area contributed by atoms with Gasteiger partial charge in [0.2, 0.25) is 0 Å².